The predicted octanol–water partition coefficient (Wildman–Crippen LogP) is 6.26. The van der Waals surface area contributed by atoms with Gasteiger partial charge < -0.3 is 25.4 Å². The largest absolute Gasteiger partial charge is 0.508 e. The zero-order valence-electron chi connectivity index (χ0n) is 25.9. The van der Waals surface area contributed by atoms with E-state index in [0.29, 0.717) is 13.1 Å². The van der Waals surface area contributed by atoms with E-state index in [-0.39, 0.29) is 62.9 Å². The van der Waals surface area contributed by atoms with Crippen LogP contribution >= 0.6 is 0 Å². The van der Waals surface area contributed by atoms with E-state index in [4.69, 9.17) is 21.9 Å². The number of anilines is 1. The maximum atomic E-state index is 15.3. The average molecular weight is 649 g/mol. The molecule has 47 heavy (non-hydrogen) atoms. The fourth-order valence-corrected chi connectivity index (χ4v) is 7.11. The van der Waals surface area contributed by atoms with Crippen LogP contribution in [-0.2, 0) is 6.18 Å². The van der Waals surface area contributed by atoms with Crippen molar-refractivity contribution >= 4 is 27.5 Å². The first-order valence-corrected chi connectivity index (χ1v) is 16.1. The van der Waals surface area contributed by atoms with Crippen molar-refractivity contribution in [1.29, 1.82) is 0 Å². The molecule has 8 nitrogen and oxygen atoms in total. The standard InChI is InChI=1S/C35H36F4N6O2/c1-2-24-27(36)9-8-21-15-23(46)16-25(28(21)24)30-29(35(37,38)39)31-26(17-41-30)32(45-14-4-3-7-22(40)18-45)43-33(42-31)47-20-34(10-11-34)19-44-12-5-6-13-44/h1,8-9,15-17,22,46H,3-7,10-14,18-20,40H2. The van der Waals surface area contributed by atoms with Gasteiger partial charge in [0.1, 0.15) is 22.9 Å². The number of halogens is 4. The molecule has 246 valence electrons. The van der Waals surface area contributed by atoms with Gasteiger partial charge in [-0.25, -0.2) is 4.39 Å². The predicted molar refractivity (Wildman–Crippen MR) is 172 cm³/mol. The summed E-state index contributed by atoms with van der Waals surface area (Å²) >= 11 is 0. The molecule has 4 aromatic rings. The van der Waals surface area contributed by atoms with Crippen LogP contribution in [0.2, 0.25) is 0 Å². The number of likely N-dealkylation sites (tertiary alicyclic amines) is 1. The minimum Gasteiger partial charge on any atom is -0.508 e. The second-order valence-electron chi connectivity index (χ2n) is 13.2. The number of phenolic OH excluding ortho intramolecular Hbond substituents is 1. The minimum absolute atomic E-state index is 0.0319. The maximum absolute atomic E-state index is 15.3. The van der Waals surface area contributed by atoms with Crippen molar-refractivity contribution < 1.29 is 27.4 Å². The highest BCUT2D eigenvalue weighted by Crippen LogP contribution is 2.48. The van der Waals surface area contributed by atoms with Gasteiger partial charge in [-0.1, -0.05) is 18.4 Å². The Morgan fingerprint density at radius 3 is 2.57 bits per heavy atom. The minimum atomic E-state index is -4.96. The summed E-state index contributed by atoms with van der Waals surface area (Å²) in [5.41, 5.74) is 3.79. The molecule has 2 aliphatic heterocycles. The van der Waals surface area contributed by atoms with Crippen molar-refractivity contribution in [2.75, 3.05) is 44.2 Å². The summed E-state index contributed by atoms with van der Waals surface area (Å²) in [6, 6.07) is 4.56. The number of ether oxygens (including phenoxy) is 1. The van der Waals surface area contributed by atoms with Gasteiger partial charge in [0.15, 0.2) is 0 Å². The van der Waals surface area contributed by atoms with Gasteiger partial charge in [0.25, 0.3) is 0 Å². The first-order valence-electron chi connectivity index (χ1n) is 16.1. The molecule has 1 atom stereocenters. The van der Waals surface area contributed by atoms with Crippen LogP contribution in [0.1, 0.15) is 56.1 Å². The van der Waals surface area contributed by atoms with Crippen molar-refractivity contribution in [3.05, 3.63) is 47.4 Å². The molecular formula is C35H36F4N6O2. The molecule has 2 saturated heterocycles. The topological polar surface area (TPSA) is 101 Å². The monoisotopic (exact) mass is 648 g/mol. The highest BCUT2D eigenvalue weighted by Gasteiger charge is 2.45. The lowest BCUT2D eigenvalue weighted by Gasteiger charge is -2.27. The van der Waals surface area contributed by atoms with Crippen LogP contribution in [0.25, 0.3) is 32.9 Å². The third-order valence-corrected chi connectivity index (χ3v) is 9.67. The number of phenols is 1. The molecule has 7 rings (SSSR count). The molecule has 4 heterocycles. The van der Waals surface area contributed by atoms with Crippen molar-refractivity contribution in [3.63, 3.8) is 0 Å². The number of nitrogens with zero attached hydrogens (tertiary/aromatic N) is 5. The second kappa shape index (κ2) is 12.1. The Morgan fingerprint density at radius 1 is 1.09 bits per heavy atom. The van der Waals surface area contributed by atoms with Gasteiger partial charge in [-0.15, -0.1) is 6.42 Å². The molecular weight excluding hydrogens is 612 g/mol. The molecule has 0 amide bonds. The van der Waals surface area contributed by atoms with Gasteiger partial charge in [-0.05, 0) is 75.2 Å². The maximum Gasteiger partial charge on any atom is 0.420 e. The Kier molecular flexibility index (Phi) is 8.09. The summed E-state index contributed by atoms with van der Waals surface area (Å²) in [6.45, 7) is 4.17. The molecule has 1 saturated carbocycles. The van der Waals surface area contributed by atoms with Crippen LogP contribution < -0.4 is 15.4 Å². The summed E-state index contributed by atoms with van der Waals surface area (Å²) in [4.78, 5) is 17.7. The number of nitrogens with two attached hydrogens (primary N) is 1. The van der Waals surface area contributed by atoms with Gasteiger partial charge in [0.2, 0.25) is 0 Å². The lowest BCUT2D eigenvalue weighted by Crippen LogP contribution is -2.36. The SMILES string of the molecule is C#Cc1c(F)ccc2cc(O)cc(-c3ncc4c(N5CCCCC(N)C5)nc(OCC5(CN6CCCC6)CC5)nc4c3C(F)(F)F)c12. The molecule has 0 radical (unpaired) electrons. The number of pyridine rings is 1. The molecule has 1 aliphatic carbocycles. The molecule has 2 aromatic carbocycles. The van der Waals surface area contributed by atoms with E-state index >= 15 is 13.2 Å². The summed E-state index contributed by atoms with van der Waals surface area (Å²) < 4.78 is 67.0. The number of aromatic hydroxyl groups is 1. The lowest BCUT2D eigenvalue weighted by atomic mass is 9.93. The number of terminal acetylenes is 1. The molecule has 3 aliphatic rings. The summed E-state index contributed by atoms with van der Waals surface area (Å²) in [7, 11) is 0. The van der Waals surface area contributed by atoms with Crippen LogP contribution in [0.5, 0.6) is 11.8 Å². The number of alkyl halides is 3. The average Bonchev–Trinajstić information content (AvgIpc) is 3.68. The van der Waals surface area contributed by atoms with Crippen molar-refractivity contribution in [3.8, 4) is 35.4 Å². The zero-order valence-corrected chi connectivity index (χ0v) is 25.9. The third-order valence-electron chi connectivity index (χ3n) is 9.67. The van der Waals surface area contributed by atoms with E-state index in [1.165, 1.54) is 18.3 Å². The van der Waals surface area contributed by atoms with Crippen LogP contribution in [0.3, 0.4) is 0 Å². The smallest absolute Gasteiger partial charge is 0.420 e. The zero-order chi connectivity index (χ0) is 32.9. The van der Waals surface area contributed by atoms with E-state index in [9.17, 15) is 9.50 Å². The van der Waals surface area contributed by atoms with Crippen LogP contribution in [0.4, 0.5) is 23.4 Å². The van der Waals surface area contributed by atoms with E-state index in [2.05, 4.69) is 20.8 Å². The van der Waals surface area contributed by atoms with E-state index in [1.807, 2.05) is 4.90 Å². The Hall–Kier alpha value is -4.21. The molecule has 0 bridgehead atoms. The Balaban J connectivity index is 1.42. The van der Waals surface area contributed by atoms with Crippen LogP contribution in [-0.4, -0.2) is 70.3 Å². The Bertz CT molecular complexity index is 1880. The summed E-state index contributed by atoms with van der Waals surface area (Å²) in [6.07, 6.45) is 8.69. The lowest BCUT2D eigenvalue weighted by molar-refractivity contribution is -0.136. The molecule has 12 heteroatoms. The number of benzene rings is 2. The number of hydrogen-bond acceptors (Lipinski definition) is 8. The fourth-order valence-electron chi connectivity index (χ4n) is 7.11. The summed E-state index contributed by atoms with van der Waals surface area (Å²) in [5, 5.41) is 10.9. The number of hydrogen-bond donors (Lipinski definition) is 2. The quantitative estimate of drug-likeness (QED) is 0.179. The molecule has 3 N–H and O–H groups in total. The molecule has 3 fully saturated rings. The first-order chi connectivity index (χ1) is 22.5. The number of aromatic nitrogens is 3. The molecule has 2 aromatic heterocycles. The van der Waals surface area contributed by atoms with Crippen molar-refractivity contribution in [2.45, 2.75) is 57.2 Å². The number of fused-ring (bicyclic) bond motifs is 2. The first kappa shape index (κ1) is 31.4. The van der Waals surface area contributed by atoms with Crippen molar-refractivity contribution in [1.82, 2.24) is 19.9 Å². The third kappa shape index (κ3) is 6.14. The van der Waals surface area contributed by atoms with Gasteiger partial charge >= 0.3 is 12.2 Å². The van der Waals surface area contributed by atoms with Crippen LogP contribution in [0.15, 0.2) is 30.5 Å². The summed E-state index contributed by atoms with van der Waals surface area (Å²) in [5.74, 6) is 1.44. The van der Waals surface area contributed by atoms with E-state index in [0.717, 1.165) is 76.7 Å². The highest BCUT2D eigenvalue weighted by molar-refractivity contribution is 6.04. The normalized spacial score (nSPS) is 20.0. The van der Waals surface area contributed by atoms with E-state index in [1.54, 1.807) is 0 Å². The van der Waals surface area contributed by atoms with Gasteiger partial charge in [-0.2, -0.15) is 23.1 Å². The molecule has 0 spiro atoms. The van der Waals surface area contributed by atoms with Gasteiger partial charge in [0, 0.05) is 48.2 Å². The highest BCUT2D eigenvalue weighted by atomic mass is 19.4. The number of rotatable bonds is 7. The Morgan fingerprint density at radius 2 is 1.85 bits per heavy atom. The van der Waals surface area contributed by atoms with Crippen molar-refractivity contribution in [2.24, 2.45) is 11.1 Å². The second-order valence-corrected chi connectivity index (χ2v) is 13.2. The van der Waals surface area contributed by atoms with Gasteiger partial charge in [-0.3, -0.25) is 4.98 Å². The van der Waals surface area contributed by atoms with E-state index < -0.39 is 28.8 Å². The molecule has 1 unspecified atom stereocenters. The van der Waals surface area contributed by atoms with Crippen LogP contribution in [0, 0.1) is 23.6 Å². The Labute approximate surface area is 269 Å². The fraction of sp³-hybridized carbons (Fsp3) is 0.457. The van der Waals surface area contributed by atoms with Gasteiger partial charge in [0.05, 0.1) is 28.8 Å².